The first-order valence-electron chi connectivity index (χ1n) is 7.13. The average Bonchev–Trinajstić information content (AvgIpc) is 2.96. The van der Waals surface area contributed by atoms with Gasteiger partial charge < -0.3 is 4.74 Å². The molecule has 1 aliphatic heterocycles. The van der Waals surface area contributed by atoms with Gasteiger partial charge in [-0.2, -0.15) is 5.10 Å². The van der Waals surface area contributed by atoms with Crippen molar-refractivity contribution in [3.05, 3.63) is 17.5 Å². The van der Waals surface area contributed by atoms with Crippen LogP contribution in [0.1, 0.15) is 51.8 Å². The normalized spacial score (nSPS) is 23.7. The average molecular weight is 248 g/mol. The number of rotatable bonds is 2. The zero-order valence-electron chi connectivity index (χ0n) is 12.2. The lowest BCUT2D eigenvalue weighted by Crippen LogP contribution is -2.51. The molecule has 0 N–H and O–H groups in total. The lowest BCUT2D eigenvalue weighted by molar-refractivity contribution is -0.157. The largest absolute Gasteiger partial charge is 0.366 e. The van der Waals surface area contributed by atoms with Gasteiger partial charge in [-0.05, 0) is 37.2 Å². The minimum Gasteiger partial charge on any atom is -0.366 e. The Morgan fingerprint density at radius 3 is 2.33 bits per heavy atom. The number of fused-ring (bicyclic) bond motifs is 2. The van der Waals surface area contributed by atoms with E-state index >= 15 is 0 Å². The molecule has 0 atom stereocenters. The number of ether oxygens (including phenoxy) is 1. The van der Waals surface area contributed by atoms with Gasteiger partial charge in [0.1, 0.15) is 5.60 Å². The highest BCUT2D eigenvalue weighted by atomic mass is 16.5. The van der Waals surface area contributed by atoms with Crippen molar-refractivity contribution in [2.45, 2.75) is 58.6 Å². The Balaban J connectivity index is 2.21. The summed E-state index contributed by atoms with van der Waals surface area (Å²) in [5.41, 5.74) is 2.63. The summed E-state index contributed by atoms with van der Waals surface area (Å²) >= 11 is 0. The number of aromatic nitrogens is 2. The van der Waals surface area contributed by atoms with Crippen LogP contribution in [0.5, 0.6) is 0 Å². The number of hydrogen-bond acceptors (Lipinski definition) is 2. The van der Waals surface area contributed by atoms with Crippen molar-refractivity contribution >= 4 is 0 Å². The molecule has 3 heteroatoms. The second-order valence-corrected chi connectivity index (χ2v) is 6.70. The fraction of sp³-hybridized carbons (Fsp3) is 0.800. The second-order valence-electron chi connectivity index (χ2n) is 6.70. The van der Waals surface area contributed by atoms with E-state index in [4.69, 9.17) is 4.74 Å². The molecule has 0 saturated heterocycles. The highest BCUT2D eigenvalue weighted by Gasteiger charge is 2.57. The van der Waals surface area contributed by atoms with E-state index in [0.717, 1.165) is 6.61 Å². The van der Waals surface area contributed by atoms with Gasteiger partial charge in [-0.15, -0.1) is 0 Å². The van der Waals surface area contributed by atoms with Gasteiger partial charge in [0.05, 0.1) is 24.0 Å². The molecule has 0 bridgehead atoms. The molecule has 1 spiro atoms. The van der Waals surface area contributed by atoms with Gasteiger partial charge in [0.15, 0.2) is 0 Å². The molecule has 2 heterocycles. The van der Waals surface area contributed by atoms with E-state index in [2.05, 4.69) is 44.4 Å². The van der Waals surface area contributed by atoms with E-state index in [1.165, 1.54) is 24.1 Å². The molecular formula is C15H24N2O. The summed E-state index contributed by atoms with van der Waals surface area (Å²) in [6, 6.07) is 0. The van der Waals surface area contributed by atoms with Gasteiger partial charge in [-0.3, -0.25) is 4.68 Å². The molecule has 3 rings (SSSR count). The first-order chi connectivity index (χ1) is 8.44. The molecule has 0 unspecified atom stereocenters. The van der Waals surface area contributed by atoms with Gasteiger partial charge in [-0.1, -0.05) is 27.7 Å². The van der Waals surface area contributed by atoms with Gasteiger partial charge in [0.25, 0.3) is 0 Å². The van der Waals surface area contributed by atoms with Crippen LogP contribution in [0, 0.1) is 18.8 Å². The highest BCUT2D eigenvalue weighted by Crippen LogP contribution is 2.54. The first-order valence-corrected chi connectivity index (χ1v) is 7.13. The first kappa shape index (κ1) is 12.2. The Kier molecular flexibility index (Phi) is 2.44. The predicted molar refractivity (Wildman–Crippen MR) is 71.5 cm³/mol. The quantitative estimate of drug-likeness (QED) is 0.803. The highest BCUT2D eigenvalue weighted by molar-refractivity contribution is 5.30. The Labute approximate surface area is 110 Å². The standard InChI is InChI=1S/C15H24N2O/c1-10(2)15(11(3)4)13-12(5)8-16-17(13)14(6-7-14)9-18-15/h8,10-11H,6-7,9H2,1-5H3. The third kappa shape index (κ3) is 1.31. The van der Waals surface area contributed by atoms with Crippen LogP contribution in [0.4, 0.5) is 0 Å². The molecule has 18 heavy (non-hydrogen) atoms. The smallest absolute Gasteiger partial charge is 0.115 e. The van der Waals surface area contributed by atoms with Crippen LogP contribution in [-0.2, 0) is 15.9 Å². The predicted octanol–water partition coefficient (Wildman–Crippen LogP) is 3.22. The van der Waals surface area contributed by atoms with Crippen LogP contribution in [0.2, 0.25) is 0 Å². The van der Waals surface area contributed by atoms with Crippen molar-refractivity contribution in [1.29, 1.82) is 0 Å². The van der Waals surface area contributed by atoms with Crippen molar-refractivity contribution in [3.8, 4) is 0 Å². The van der Waals surface area contributed by atoms with Crippen molar-refractivity contribution < 1.29 is 4.74 Å². The van der Waals surface area contributed by atoms with Crippen molar-refractivity contribution in [3.63, 3.8) is 0 Å². The third-order valence-corrected chi connectivity index (χ3v) is 4.89. The number of hydrogen-bond donors (Lipinski definition) is 0. The summed E-state index contributed by atoms with van der Waals surface area (Å²) in [5.74, 6) is 0.922. The zero-order valence-corrected chi connectivity index (χ0v) is 12.2. The lowest BCUT2D eigenvalue weighted by atomic mass is 9.75. The molecule has 100 valence electrons. The SMILES string of the molecule is Cc1cnn2c1C(C(C)C)(C(C)C)OCC21CC1. The number of nitrogens with zero attached hydrogens (tertiary/aromatic N) is 2. The zero-order chi connectivity index (χ0) is 13.1. The molecule has 1 saturated carbocycles. The Bertz CT molecular complexity index is 461. The molecule has 1 aliphatic carbocycles. The van der Waals surface area contributed by atoms with E-state index in [1.54, 1.807) is 0 Å². The Hall–Kier alpha value is -0.830. The van der Waals surface area contributed by atoms with E-state index in [1.807, 2.05) is 6.20 Å². The fourth-order valence-electron chi connectivity index (χ4n) is 3.69. The van der Waals surface area contributed by atoms with E-state index in [-0.39, 0.29) is 11.1 Å². The minimum atomic E-state index is -0.172. The minimum absolute atomic E-state index is 0.172. The topological polar surface area (TPSA) is 27.1 Å². The lowest BCUT2D eigenvalue weighted by Gasteiger charge is -2.47. The maximum absolute atomic E-state index is 6.47. The molecule has 3 nitrogen and oxygen atoms in total. The van der Waals surface area contributed by atoms with Gasteiger partial charge in [0.2, 0.25) is 0 Å². The molecule has 1 aromatic heterocycles. The van der Waals surface area contributed by atoms with E-state index < -0.39 is 0 Å². The summed E-state index contributed by atoms with van der Waals surface area (Å²) < 4.78 is 8.77. The molecular weight excluding hydrogens is 224 g/mol. The Morgan fingerprint density at radius 1 is 1.22 bits per heavy atom. The van der Waals surface area contributed by atoms with Crippen molar-refractivity contribution in [2.24, 2.45) is 11.8 Å². The molecule has 1 aromatic rings. The summed E-state index contributed by atoms with van der Waals surface area (Å²) in [4.78, 5) is 0. The van der Waals surface area contributed by atoms with Crippen LogP contribution in [0.3, 0.4) is 0 Å². The van der Waals surface area contributed by atoms with Gasteiger partial charge in [0, 0.05) is 0 Å². The molecule has 0 radical (unpaired) electrons. The number of aryl methyl sites for hydroxylation is 1. The second kappa shape index (κ2) is 3.60. The van der Waals surface area contributed by atoms with Crippen LogP contribution < -0.4 is 0 Å². The van der Waals surface area contributed by atoms with Crippen molar-refractivity contribution in [2.75, 3.05) is 6.61 Å². The summed E-state index contributed by atoms with van der Waals surface area (Å²) in [5, 5.41) is 4.67. The summed E-state index contributed by atoms with van der Waals surface area (Å²) in [6.07, 6.45) is 4.45. The van der Waals surface area contributed by atoms with Crippen LogP contribution in [0.25, 0.3) is 0 Å². The monoisotopic (exact) mass is 248 g/mol. The molecule has 2 aliphatic rings. The maximum atomic E-state index is 6.47. The van der Waals surface area contributed by atoms with E-state index in [9.17, 15) is 0 Å². The summed E-state index contributed by atoms with van der Waals surface area (Å²) in [6.45, 7) is 12.1. The summed E-state index contributed by atoms with van der Waals surface area (Å²) in [7, 11) is 0. The van der Waals surface area contributed by atoms with Crippen LogP contribution in [-0.4, -0.2) is 16.4 Å². The van der Waals surface area contributed by atoms with Crippen LogP contribution in [0.15, 0.2) is 6.20 Å². The molecule has 0 amide bonds. The van der Waals surface area contributed by atoms with Gasteiger partial charge >= 0.3 is 0 Å². The van der Waals surface area contributed by atoms with E-state index in [0.29, 0.717) is 11.8 Å². The van der Waals surface area contributed by atoms with Gasteiger partial charge in [-0.25, -0.2) is 0 Å². The fourth-order valence-corrected chi connectivity index (χ4v) is 3.69. The Morgan fingerprint density at radius 2 is 1.83 bits per heavy atom. The van der Waals surface area contributed by atoms with Crippen LogP contribution >= 0.6 is 0 Å². The molecule has 0 aromatic carbocycles. The third-order valence-electron chi connectivity index (χ3n) is 4.89. The molecule has 1 fully saturated rings. The maximum Gasteiger partial charge on any atom is 0.115 e. The van der Waals surface area contributed by atoms with Crippen molar-refractivity contribution in [1.82, 2.24) is 9.78 Å².